The van der Waals surface area contributed by atoms with Gasteiger partial charge in [0.25, 0.3) is 0 Å². The highest BCUT2D eigenvalue weighted by atomic mass is 79.9. The van der Waals surface area contributed by atoms with Crippen molar-refractivity contribution < 1.29 is 4.74 Å². The number of aromatic nitrogens is 4. The monoisotopic (exact) mass is 422 g/mol. The highest BCUT2D eigenvalue weighted by molar-refractivity contribution is 9.10. The van der Waals surface area contributed by atoms with Gasteiger partial charge in [-0.15, -0.1) is 0 Å². The molecule has 3 aromatic rings. The van der Waals surface area contributed by atoms with E-state index in [2.05, 4.69) is 31.0 Å². The van der Waals surface area contributed by atoms with E-state index in [1.807, 2.05) is 36.4 Å². The molecule has 6 nitrogen and oxygen atoms in total. The lowest BCUT2D eigenvalue weighted by molar-refractivity contribution is 0.208. The normalized spacial score (nSPS) is 12.9. The molecule has 0 unspecified atom stereocenters. The molecule has 4 rings (SSSR count). The first-order chi connectivity index (χ1) is 13.2. The molecule has 27 heavy (non-hydrogen) atoms. The van der Waals surface area contributed by atoms with E-state index in [9.17, 15) is 4.79 Å². The molecule has 3 aromatic heterocycles. The zero-order chi connectivity index (χ0) is 18.6. The Morgan fingerprint density at radius 3 is 3.07 bits per heavy atom. The Balaban J connectivity index is 1.57. The van der Waals surface area contributed by atoms with Crippen LogP contribution in [0.2, 0.25) is 0 Å². The number of nitrogens with zero attached hydrogens (tertiary/aromatic N) is 4. The average molecular weight is 423 g/mol. The van der Waals surface area contributed by atoms with Crippen LogP contribution in [-0.2, 0) is 17.8 Å². The maximum absolute atomic E-state index is 12.2. The molecule has 0 saturated carbocycles. The first kappa shape index (κ1) is 17.4. The van der Waals surface area contributed by atoms with E-state index in [0.717, 1.165) is 27.8 Å². The van der Waals surface area contributed by atoms with Crippen LogP contribution in [0.3, 0.4) is 0 Å². The van der Waals surface area contributed by atoms with E-state index in [4.69, 9.17) is 4.74 Å². The smallest absolute Gasteiger partial charge is 0.206 e. The molecule has 7 heteroatoms. The Morgan fingerprint density at radius 1 is 1.26 bits per heavy atom. The Hall–Kier alpha value is -3.06. The summed E-state index contributed by atoms with van der Waals surface area (Å²) in [6, 6.07) is 7.23. The molecular formula is C20H15BrN4O2. The molecule has 3 heterocycles. The van der Waals surface area contributed by atoms with Crippen LogP contribution in [0.1, 0.15) is 17.0 Å². The summed E-state index contributed by atoms with van der Waals surface area (Å²) in [5.41, 5.74) is 2.90. The van der Waals surface area contributed by atoms with Crippen molar-refractivity contribution in [2.75, 3.05) is 0 Å². The van der Waals surface area contributed by atoms with E-state index in [1.165, 1.54) is 6.07 Å². The molecule has 0 atom stereocenters. The van der Waals surface area contributed by atoms with Crippen molar-refractivity contribution in [2.24, 2.45) is 0 Å². The summed E-state index contributed by atoms with van der Waals surface area (Å²) >= 11 is 3.39. The van der Waals surface area contributed by atoms with Crippen molar-refractivity contribution in [1.82, 2.24) is 19.7 Å². The molecule has 0 saturated heterocycles. The van der Waals surface area contributed by atoms with Gasteiger partial charge in [-0.1, -0.05) is 12.1 Å². The lowest BCUT2D eigenvalue weighted by atomic mass is 10.1. The summed E-state index contributed by atoms with van der Waals surface area (Å²) in [5, 5.41) is 4.39. The van der Waals surface area contributed by atoms with Crippen molar-refractivity contribution >= 4 is 22.0 Å². The maximum atomic E-state index is 12.2. The number of ether oxygens (including phenoxy) is 1. The van der Waals surface area contributed by atoms with E-state index in [1.54, 1.807) is 29.5 Å². The third-order valence-electron chi connectivity index (χ3n) is 4.03. The van der Waals surface area contributed by atoms with Gasteiger partial charge in [0.2, 0.25) is 5.43 Å². The summed E-state index contributed by atoms with van der Waals surface area (Å²) in [4.78, 5) is 20.7. The van der Waals surface area contributed by atoms with E-state index < -0.39 is 0 Å². The second-order valence-corrected chi connectivity index (χ2v) is 6.83. The number of rotatable bonds is 4. The third-order valence-corrected chi connectivity index (χ3v) is 4.46. The summed E-state index contributed by atoms with van der Waals surface area (Å²) in [6.07, 6.45) is 13.3. The Morgan fingerprint density at radius 2 is 2.19 bits per heavy atom. The highest BCUT2D eigenvalue weighted by Gasteiger charge is 2.09. The van der Waals surface area contributed by atoms with Gasteiger partial charge < -0.3 is 4.74 Å². The lowest BCUT2D eigenvalue weighted by Crippen LogP contribution is -2.16. The standard InChI is InChI=1S/C20H15BrN4O2/c21-15-10-16(12-22-11-15)25-8-6-20(26)19(24-25)13-27-17-4-1-5-18-14(9-17)3-2-7-23-18/h1-4,6-12H,5,13H2. The van der Waals surface area contributed by atoms with Crippen LogP contribution in [0.15, 0.2) is 76.2 Å². The minimum Gasteiger partial charge on any atom is -0.487 e. The Kier molecular flexibility index (Phi) is 4.93. The number of fused-ring (bicyclic) bond motifs is 1. The summed E-state index contributed by atoms with van der Waals surface area (Å²) in [5.74, 6) is 0.669. The molecule has 0 spiro atoms. The van der Waals surface area contributed by atoms with Gasteiger partial charge in [-0.2, -0.15) is 5.10 Å². The van der Waals surface area contributed by atoms with Gasteiger partial charge in [-0.05, 0) is 45.8 Å². The van der Waals surface area contributed by atoms with Gasteiger partial charge in [0.15, 0.2) is 0 Å². The van der Waals surface area contributed by atoms with Gasteiger partial charge >= 0.3 is 0 Å². The first-order valence-electron chi connectivity index (χ1n) is 8.34. The maximum Gasteiger partial charge on any atom is 0.206 e. The van der Waals surface area contributed by atoms with E-state index in [-0.39, 0.29) is 12.0 Å². The van der Waals surface area contributed by atoms with Gasteiger partial charge in [-0.25, -0.2) is 4.68 Å². The van der Waals surface area contributed by atoms with Crippen LogP contribution in [0.5, 0.6) is 0 Å². The fourth-order valence-electron chi connectivity index (χ4n) is 2.70. The fourth-order valence-corrected chi connectivity index (χ4v) is 3.05. The number of hydrogen-bond donors (Lipinski definition) is 0. The van der Waals surface area contributed by atoms with Crippen LogP contribution in [0.4, 0.5) is 0 Å². The molecule has 1 aliphatic rings. The molecule has 0 aromatic carbocycles. The van der Waals surface area contributed by atoms with Gasteiger partial charge in [0.05, 0.1) is 17.6 Å². The predicted molar refractivity (Wildman–Crippen MR) is 105 cm³/mol. The minimum absolute atomic E-state index is 0.0763. The van der Waals surface area contributed by atoms with Crippen LogP contribution in [0.25, 0.3) is 11.8 Å². The largest absolute Gasteiger partial charge is 0.487 e. The number of pyridine rings is 2. The number of halogens is 1. The van der Waals surface area contributed by atoms with Crippen LogP contribution in [0, 0.1) is 0 Å². The first-order valence-corrected chi connectivity index (χ1v) is 9.13. The number of allylic oxidation sites excluding steroid dienone is 2. The fraction of sp³-hybridized carbons (Fsp3) is 0.100. The summed E-state index contributed by atoms with van der Waals surface area (Å²) in [7, 11) is 0. The Bertz CT molecular complexity index is 1100. The van der Waals surface area contributed by atoms with Crippen molar-refractivity contribution in [2.45, 2.75) is 13.0 Å². The quantitative estimate of drug-likeness (QED) is 0.643. The molecule has 1 aliphatic carbocycles. The molecule has 0 fully saturated rings. The highest BCUT2D eigenvalue weighted by Crippen LogP contribution is 2.18. The zero-order valence-corrected chi connectivity index (χ0v) is 15.8. The number of hydrogen-bond acceptors (Lipinski definition) is 5. The molecule has 0 N–H and O–H groups in total. The van der Waals surface area contributed by atoms with Crippen molar-refractivity contribution in [3.05, 3.63) is 98.6 Å². The lowest BCUT2D eigenvalue weighted by Gasteiger charge is -2.09. The zero-order valence-electron chi connectivity index (χ0n) is 14.2. The predicted octanol–water partition coefficient (Wildman–Crippen LogP) is 3.46. The van der Waals surface area contributed by atoms with Gasteiger partial charge in [0.1, 0.15) is 18.1 Å². The molecule has 0 bridgehead atoms. The van der Waals surface area contributed by atoms with E-state index >= 15 is 0 Å². The van der Waals surface area contributed by atoms with Gasteiger partial charge in [-0.3, -0.25) is 14.8 Å². The molecule has 0 aliphatic heterocycles. The average Bonchev–Trinajstić information content (AvgIpc) is 2.89. The van der Waals surface area contributed by atoms with Crippen molar-refractivity contribution in [1.29, 1.82) is 0 Å². The van der Waals surface area contributed by atoms with Gasteiger partial charge in [0, 0.05) is 35.6 Å². The molecule has 0 radical (unpaired) electrons. The summed E-state index contributed by atoms with van der Waals surface area (Å²) < 4.78 is 8.29. The minimum atomic E-state index is -0.172. The second-order valence-electron chi connectivity index (χ2n) is 5.91. The SMILES string of the molecule is O=c1ccn(-c2cncc(Br)c2)nc1COC1=Cc2cccnc2CC=C1. The van der Waals surface area contributed by atoms with E-state index in [0.29, 0.717) is 11.5 Å². The van der Waals surface area contributed by atoms with Crippen LogP contribution < -0.4 is 5.43 Å². The molecular weight excluding hydrogens is 408 g/mol. The van der Waals surface area contributed by atoms with Crippen molar-refractivity contribution in [3.63, 3.8) is 0 Å². The molecule has 134 valence electrons. The topological polar surface area (TPSA) is 69.9 Å². The second kappa shape index (κ2) is 7.67. The third kappa shape index (κ3) is 4.03. The van der Waals surface area contributed by atoms with Crippen molar-refractivity contribution in [3.8, 4) is 5.69 Å². The van der Waals surface area contributed by atoms with Crippen LogP contribution >= 0.6 is 15.9 Å². The Labute approximate surface area is 164 Å². The summed E-state index contributed by atoms with van der Waals surface area (Å²) in [6.45, 7) is 0.0763. The molecule has 0 amide bonds. The van der Waals surface area contributed by atoms with Crippen LogP contribution in [-0.4, -0.2) is 19.7 Å².